The number of aromatic amines is 1. The number of aryl methyl sites for hydroxylation is 1. The lowest BCUT2D eigenvalue weighted by atomic mass is 9.99. The zero-order valence-corrected chi connectivity index (χ0v) is 18.8. The zero-order chi connectivity index (χ0) is 21.6. The molecule has 0 unspecified atom stereocenters. The molecule has 31 heavy (non-hydrogen) atoms. The van der Waals surface area contributed by atoms with E-state index in [1.165, 1.54) is 11.1 Å². The minimum Gasteiger partial charge on any atom is -0.462 e. The summed E-state index contributed by atoms with van der Waals surface area (Å²) in [6.07, 6.45) is 8.55. The molecule has 1 aromatic heterocycles. The molecule has 4 nitrogen and oxygen atoms in total. The molecule has 162 valence electrons. The number of esters is 1. The molecular weight excluding hydrogens is 408 g/mol. The van der Waals surface area contributed by atoms with Crippen LogP contribution < -0.4 is 0 Å². The SMILES string of the molecule is CCOC(=O)c1ccc(Cl)c2[nH]cc(CCCCN3CC=C(c4ccccc4)CC3)c12. The van der Waals surface area contributed by atoms with Crippen molar-refractivity contribution in [3.8, 4) is 0 Å². The van der Waals surface area contributed by atoms with E-state index < -0.39 is 0 Å². The lowest BCUT2D eigenvalue weighted by molar-refractivity contribution is 0.0528. The van der Waals surface area contributed by atoms with Gasteiger partial charge in [-0.1, -0.05) is 48.0 Å². The first-order valence-electron chi connectivity index (χ1n) is 11.1. The monoisotopic (exact) mass is 436 g/mol. The number of halogens is 1. The van der Waals surface area contributed by atoms with Gasteiger partial charge in [-0.2, -0.15) is 0 Å². The van der Waals surface area contributed by atoms with Gasteiger partial charge in [0.05, 0.1) is 22.7 Å². The van der Waals surface area contributed by atoms with Gasteiger partial charge in [0.1, 0.15) is 0 Å². The number of hydrogen-bond donors (Lipinski definition) is 1. The van der Waals surface area contributed by atoms with Crippen LogP contribution in [0.4, 0.5) is 0 Å². The molecule has 0 saturated heterocycles. The van der Waals surface area contributed by atoms with Crippen LogP contribution in [0.5, 0.6) is 0 Å². The summed E-state index contributed by atoms with van der Waals surface area (Å²) in [7, 11) is 0. The highest BCUT2D eigenvalue weighted by molar-refractivity contribution is 6.35. The molecule has 5 heteroatoms. The summed E-state index contributed by atoms with van der Waals surface area (Å²) >= 11 is 6.35. The smallest absolute Gasteiger partial charge is 0.338 e. The van der Waals surface area contributed by atoms with Crippen molar-refractivity contribution in [3.63, 3.8) is 0 Å². The van der Waals surface area contributed by atoms with Crippen LogP contribution in [0.25, 0.3) is 16.5 Å². The highest BCUT2D eigenvalue weighted by Gasteiger charge is 2.18. The van der Waals surface area contributed by atoms with E-state index in [9.17, 15) is 4.79 Å². The fourth-order valence-corrected chi connectivity index (χ4v) is 4.55. The van der Waals surface area contributed by atoms with Gasteiger partial charge in [0.25, 0.3) is 0 Å². The molecule has 1 aliphatic heterocycles. The third-order valence-electron chi connectivity index (χ3n) is 5.97. The van der Waals surface area contributed by atoms with Gasteiger partial charge in [-0.25, -0.2) is 4.79 Å². The van der Waals surface area contributed by atoms with Gasteiger partial charge in [-0.3, -0.25) is 4.90 Å². The van der Waals surface area contributed by atoms with Crippen LogP contribution >= 0.6 is 11.6 Å². The van der Waals surface area contributed by atoms with Gasteiger partial charge in [-0.05, 0) is 68.0 Å². The molecule has 4 rings (SSSR count). The van der Waals surface area contributed by atoms with Crippen LogP contribution in [0.3, 0.4) is 0 Å². The lowest BCUT2D eigenvalue weighted by Gasteiger charge is -2.26. The van der Waals surface area contributed by atoms with E-state index in [-0.39, 0.29) is 5.97 Å². The standard InChI is InChI=1S/C26H29ClN2O2/c1-2-31-26(30)22-11-12-23(27)25-24(22)21(18-28-25)10-6-7-15-29-16-13-20(14-17-29)19-8-4-3-5-9-19/h3-5,8-9,11-13,18,28H,2,6-7,10,14-17H2,1H3. The fraction of sp³-hybridized carbons (Fsp3) is 0.346. The Morgan fingerprint density at radius 1 is 1.16 bits per heavy atom. The van der Waals surface area contributed by atoms with Gasteiger partial charge in [0, 0.05) is 24.7 Å². The summed E-state index contributed by atoms with van der Waals surface area (Å²) in [4.78, 5) is 18.2. The Morgan fingerprint density at radius 2 is 2.00 bits per heavy atom. The van der Waals surface area contributed by atoms with Crippen LogP contribution in [0.15, 0.2) is 54.7 Å². The zero-order valence-electron chi connectivity index (χ0n) is 18.0. The molecule has 2 aromatic carbocycles. The molecule has 1 N–H and O–H groups in total. The van der Waals surface area contributed by atoms with Gasteiger partial charge < -0.3 is 9.72 Å². The van der Waals surface area contributed by atoms with Gasteiger partial charge in [0.2, 0.25) is 0 Å². The maximum Gasteiger partial charge on any atom is 0.338 e. The summed E-state index contributed by atoms with van der Waals surface area (Å²) in [5.41, 5.74) is 5.34. The molecule has 1 aliphatic rings. The molecule has 0 fully saturated rings. The van der Waals surface area contributed by atoms with Crippen molar-refractivity contribution in [2.45, 2.75) is 32.6 Å². The summed E-state index contributed by atoms with van der Waals surface area (Å²) < 4.78 is 5.24. The average molecular weight is 437 g/mol. The minimum atomic E-state index is -0.292. The number of fused-ring (bicyclic) bond motifs is 1. The van der Waals surface area contributed by atoms with Crippen molar-refractivity contribution in [3.05, 3.63) is 76.5 Å². The summed E-state index contributed by atoms with van der Waals surface area (Å²) in [5.74, 6) is -0.292. The predicted octanol–water partition coefficient (Wildman–Crippen LogP) is 6.11. The second-order valence-electron chi connectivity index (χ2n) is 7.98. The van der Waals surface area contributed by atoms with Crippen molar-refractivity contribution in [1.82, 2.24) is 9.88 Å². The maximum absolute atomic E-state index is 12.4. The molecule has 0 aliphatic carbocycles. The van der Waals surface area contributed by atoms with E-state index >= 15 is 0 Å². The second kappa shape index (κ2) is 10.2. The molecular formula is C26H29ClN2O2. The first-order chi connectivity index (χ1) is 15.2. The quantitative estimate of drug-likeness (QED) is 0.342. The number of H-pyrrole nitrogens is 1. The van der Waals surface area contributed by atoms with E-state index in [0.717, 1.165) is 61.8 Å². The second-order valence-corrected chi connectivity index (χ2v) is 8.39. The predicted molar refractivity (Wildman–Crippen MR) is 128 cm³/mol. The molecule has 0 atom stereocenters. The molecule has 0 bridgehead atoms. The van der Waals surface area contributed by atoms with E-state index in [1.54, 1.807) is 12.1 Å². The van der Waals surface area contributed by atoms with Gasteiger partial charge in [0.15, 0.2) is 0 Å². The van der Waals surface area contributed by atoms with Gasteiger partial charge >= 0.3 is 5.97 Å². The molecule has 2 heterocycles. The molecule has 0 saturated carbocycles. The number of unbranched alkanes of at least 4 members (excludes halogenated alkanes) is 1. The molecule has 3 aromatic rings. The number of rotatable bonds is 8. The molecule has 0 amide bonds. The summed E-state index contributed by atoms with van der Waals surface area (Å²) in [6.45, 7) is 5.39. The summed E-state index contributed by atoms with van der Waals surface area (Å²) in [6, 6.07) is 14.2. The Hall–Kier alpha value is -2.56. The number of nitrogens with one attached hydrogen (secondary N) is 1. The van der Waals surface area contributed by atoms with Crippen LogP contribution in [0.2, 0.25) is 5.02 Å². The normalized spacial score (nSPS) is 14.6. The Kier molecular flexibility index (Phi) is 7.10. The number of aromatic nitrogens is 1. The van der Waals surface area contributed by atoms with Crippen molar-refractivity contribution >= 4 is 34.0 Å². The van der Waals surface area contributed by atoms with Crippen LogP contribution in [0, 0.1) is 0 Å². The molecule has 0 spiro atoms. The minimum absolute atomic E-state index is 0.292. The average Bonchev–Trinajstić information content (AvgIpc) is 3.23. The number of carbonyl (C=O) groups is 1. The fourth-order valence-electron chi connectivity index (χ4n) is 4.34. The number of nitrogens with zero attached hydrogens (tertiary/aromatic N) is 1. The number of hydrogen-bond acceptors (Lipinski definition) is 3. The summed E-state index contributed by atoms with van der Waals surface area (Å²) in [5, 5.41) is 1.53. The number of ether oxygens (including phenoxy) is 1. The third-order valence-corrected chi connectivity index (χ3v) is 6.28. The van der Waals surface area contributed by atoms with Crippen molar-refractivity contribution < 1.29 is 9.53 Å². The largest absolute Gasteiger partial charge is 0.462 e. The van der Waals surface area contributed by atoms with Crippen LogP contribution in [0.1, 0.15) is 47.7 Å². The first-order valence-corrected chi connectivity index (χ1v) is 11.5. The van der Waals surface area contributed by atoms with E-state index in [1.807, 2.05) is 13.1 Å². The van der Waals surface area contributed by atoms with Crippen LogP contribution in [-0.2, 0) is 11.2 Å². The maximum atomic E-state index is 12.4. The Bertz CT molecular complexity index is 1070. The number of carbonyl (C=O) groups excluding carboxylic acids is 1. The van der Waals surface area contributed by atoms with Crippen molar-refractivity contribution in [2.75, 3.05) is 26.2 Å². The topological polar surface area (TPSA) is 45.3 Å². The number of benzene rings is 2. The first kappa shape index (κ1) is 21.7. The molecule has 0 radical (unpaired) electrons. The Labute approximate surface area is 188 Å². The van der Waals surface area contributed by atoms with E-state index in [0.29, 0.717) is 17.2 Å². The van der Waals surface area contributed by atoms with Gasteiger partial charge in [-0.15, -0.1) is 0 Å². The third kappa shape index (κ3) is 5.03. The Morgan fingerprint density at radius 3 is 2.74 bits per heavy atom. The highest BCUT2D eigenvalue weighted by atomic mass is 35.5. The lowest BCUT2D eigenvalue weighted by Crippen LogP contribution is -2.29. The van der Waals surface area contributed by atoms with E-state index in [4.69, 9.17) is 16.3 Å². The van der Waals surface area contributed by atoms with E-state index in [2.05, 4.69) is 46.3 Å². The van der Waals surface area contributed by atoms with Crippen molar-refractivity contribution in [2.24, 2.45) is 0 Å². The van der Waals surface area contributed by atoms with Crippen molar-refractivity contribution in [1.29, 1.82) is 0 Å². The van der Waals surface area contributed by atoms with Crippen LogP contribution in [-0.4, -0.2) is 42.1 Å². The highest BCUT2D eigenvalue weighted by Crippen LogP contribution is 2.30. The Balaban J connectivity index is 1.34.